The van der Waals surface area contributed by atoms with Gasteiger partial charge in [0.1, 0.15) is 0 Å². The zero-order valence-corrected chi connectivity index (χ0v) is 30.4. The van der Waals surface area contributed by atoms with Gasteiger partial charge >= 0.3 is 0 Å². The Morgan fingerprint density at radius 1 is 0.321 bits per heavy atom. The van der Waals surface area contributed by atoms with Crippen LogP contribution in [0.15, 0.2) is 195 Å². The molecule has 2 aliphatic carbocycles. The first-order valence-corrected chi connectivity index (χ1v) is 19.1. The molecular weight excluding hydrogens is 681 g/mol. The molecule has 0 saturated carbocycles. The summed E-state index contributed by atoms with van der Waals surface area (Å²) in [4.78, 5) is 19.9. The van der Waals surface area contributed by atoms with Crippen LogP contribution < -0.4 is 0 Å². The lowest BCUT2D eigenvalue weighted by Crippen LogP contribution is -2.08. The van der Waals surface area contributed by atoms with Crippen LogP contribution in [-0.4, -0.2) is 19.9 Å². The summed E-state index contributed by atoms with van der Waals surface area (Å²) in [6.07, 6.45) is 5.75. The third kappa shape index (κ3) is 5.30. The van der Waals surface area contributed by atoms with Crippen molar-refractivity contribution in [2.75, 3.05) is 0 Å². The van der Waals surface area contributed by atoms with Gasteiger partial charge in [0.15, 0.2) is 5.82 Å². The van der Waals surface area contributed by atoms with Gasteiger partial charge in [-0.25, -0.2) is 15.0 Å². The van der Waals surface area contributed by atoms with Gasteiger partial charge in [0.25, 0.3) is 0 Å². The van der Waals surface area contributed by atoms with Crippen LogP contribution in [0.3, 0.4) is 0 Å². The van der Waals surface area contributed by atoms with E-state index >= 15 is 0 Å². The van der Waals surface area contributed by atoms with E-state index in [2.05, 4.69) is 127 Å². The highest BCUT2D eigenvalue weighted by Crippen LogP contribution is 2.58. The second kappa shape index (κ2) is 13.2. The number of fused-ring (bicyclic) bond motifs is 7. The number of benzene rings is 6. The Morgan fingerprint density at radius 2 is 0.821 bits per heavy atom. The number of hydrogen-bond donors (Lipinski definition) is 0. The molecule has 262 valence electrons. The minimum Gasteiger partial charge on any atom is -0.256 e. The average Bonchev–Trinajstić information content (AvgIpc) is 3.80. The van der Waals surface area contributed by atoms with Gasteiger partial charge in [-0.15, -0.1) is 0 Å². The van der Waals surface area contributed by atoms with Crippen molar-refractivity contribution in [1.82, 2.24) is 19.9 Å². The summed E-state index contributed by atoms with van der Waals surface area (Å²) >= 11 is 0. The Hall–Kier alpha value is -7.30. The molecule has 0 N–H and O–H groups in total. The first kappa shape index (κ1) is 32.2. The van der Waals surface area contributed by atoms with Gasteiger partial charge in [-0.3, -0.25) is 4.98 Å². The summed E-state index contributed by atoms with van der Waals surface area (Å²) in [6, 6.07) is 62.7. The second-order valence-corrected chi connectivity index (χ2v) is 14.6. The Kier molecular flexibility index (Phi) is 7.59. The molecule has 0 fully saturated rings. The van der Waals surface area contributed by atoms with Gasteiger partial charge in [-0.1, -0.05) is 152 Å². The first-order chi connectivity index (χ1) is 27.8. The van der Waals surface area contributed by atoms with E-state index in [9.17, 15) is 0 Å². The van der Waals surface area contributed by atoms with E-state index in [0.29, 0.717) is 5.82 Å². The van der Waals surface area contributed by atoms with Crippen molar-refractivity contribution in [3.8, 4) is 67.4 Å². The second-order valence-electron chi connectivity index (χ2n) is 14.6. The quantitative estimate of drug-likeness (QED) is 0.172. The van der Waals surface area contributed by atoms with Gasteiger partial charge in [-0.2, -0.15) is 0 Å². The molecule has 11 rings (SSSR count). The van der Waals surface area contributed by atoms with Gasteiger partial charge in [0.2, 0.25) is 0 Å². The lowest BCUT2D eigenvalue weighted by molar-refractivity contribution is 0.936. The molecular formula is C52H34N4. The van der Waals surface area contributed by atoms with Crippen LogP contribution >= 0.6 is 0 Å². The molecule has 0 saturated heterocycles. The highest BCUT2D eigenvalue weighted by molar-refractivity contribution is 5.91. The summed E-state index contributed by atoms with van der Waals surface area (Å²) in [5.41, 5.74) is 19.6. The van der Waals surface area contributed by atoms with Crippen molar-refractivity contribution >= 4 is 0 Å². The fraction of sp³-hybridized carbons (Fsp3) is 0.0385. The monoisotopic (exact) mass is 714 g/mol. The third-order valence-electron chi connectivity index (χ3n) is 11.4. The molecule has 0 aliphatic heterocycles. The van der Waals surface area contributed by atoms with Crippen LogP contribution in [0.1, 0.15) is 45.2 Å². The van der Waals surface area contributed by atoms with E-state index in [1.165, 1.54) is 55.6 Å². The third-order valence-corrected chi connectivity index (χ3v) is 11.4. The lowest BCUT2D eigenvalue weighted by atomic mass is 9.80. The van der Waals surface area contributed by atoms with Crippen LogP contribution in [0.25, 0.3) is 67.4 Å². The first-order valence-electron chi connectivity index (χ1n) is 19.1. The van der Waals surface area contributed by atoms with E-state index < -0.39 is 0 Å². The standard InChI is InChI=1S/C52H34N4/c1-4-14-33(15-5-1)45-27-24-36(30-53-45)46-28-37(29-47(56-46)38-31-54-52(55-32-38)35-18-8-3-9-19-35)49-42-23-13-11-21-40(42)44-26-25-43-39-20-10-12-22-41(39)48(50(43)51(44)49)34-16-6-2-7-17-34/h1-32,48-49H. The molecule has 56 heavy (non-hydrogen) atoms. The minimum absolute atomic E-state index is 0.0294. The van der Waals surface area contributed by atoms with Crippen molar-refractivity contribution < 1.29 is 0 Å². The fourth-order valence-corrected chi connectivity index (χ4v) is 8.90. The molecule has 2 unspecified atom stereocenters. The number of aromatic nitrogens is 4. The molecule has 3 heterocycles. The van der Waals surface area contributed by atoms with Crippen LogP contribution in [0.2, 0.25) is 0 Å². The van der Waals surface area contributed by atoms with Crippen LogP contribution in [0.5, 0.6) is 0 Å². The van der Waals surface area contributed by atoms with Gasteiger partial charge in [-0.05, 0) is 79.9 Å². The van der Waals surface area contributed by atoms with Gasteiger partial charge < -0.3 is 0 Å². The Morgan fingerprint density at radius 3 is 1.41 bits per heavy atom. The van der Waals surface area contributed by atoms with Crippen molar-refractivity contribution in [3.05, 3.63) is 228 Å². The lowest BCUT2D eigenvalue weighted by Gasteiger charge is -2.23. The summed E-state index contributed by atoms with van der Waals surface area (Å²) in [6.45, 7) is 0. The molecule has 2 atom stereocenters. The van der Waals surface area contributed by atoms with E-state index in [1.54, 1.807) is 0 Å². The summed E-state index contributed by atoms with van der Waals surface area (Å²) in [5, 5.41) is 0. The summed E-state index contributed by atoms with van der Waals surface area (Å²) in [5.74, 6) is 0.772. The van der Waals surface area contributed by atoms with Crippen LogP contribution in [0.4, 0.5) is 0 Å². The molecule has 0 bridgehead atoms. The molecule has 0 spiro atoms. The minimum atomic E-state index is -0.0294. The maximum atomic E-state index is 5.31. The van der Waals surface area contributed by atoms with Crippen molar-refractivity contribution in [1.29, 1.82) is 0 Å². The summed E-state index contributed by atoms with van der Waals surface area (Å²) in [7, 11) is 0. The number of hydrogen-bond acceptors (Lipinski definition) is 4. The smallest absolute Gasteiger partial charge is 0.159 e. The predicted molar refractivity (Wildman–Crippen MR) is 225 cm³/mol. The van der Waals surface area contributed by atoms with Gasteiger partial charge in [0, 0.05) is 52.7 Å². The topological polar surface area (TPSA) is 51.6 Å². The van der Waals surface area contributed by atoms with Gasteiger partial charge in [0.05, 0.1) is 17.1 Å². The van der Waals surface area contributed by atoms with E-state index in [4.69, 9.17) is 19.9 Å². The number of pyridine rings is 2. The number of nitrogens with zero attached hydrogens (tertiary/aromatic N) is 4. The summed E-state index contributed by atoms with van der Waals surface area (Å²) < 4.78 is 0. The molecule has 4 nitrogen and oxygen atoms in total. The van der Waals surface area contributed by atoms with E-state index in [1.807, 2.05) is 67.1 Å². The maximum absolute atomic E-state index is 5.31. The maximum Gasteiger partial charge on any atom is 0.159 e. The van der Waals surface area contributed by atoms with Crippen LogP contribution in [-0.2, 0) is 0 Å². The molecule has 0 radical (unpaired) electrons. The molecule has 4 heteroatoms. The van der Waals surface area contributed by atoms with Crippen LogP contribution in [0, 0.1) is 0 Å². The number of rotatable bonds is 6. The highest BCUT2D eigenvalue weighted by atomic mass is 14.9. The van der Waals surface area contributed by atoms with E-state index in [0.717, 1.165) is 39.3 Å². The van der Waals surface area contributed by atoms with Crippen molar-refractivity contribution in [2.24, 2.45) is 0 Å². The Labute approximate surface area is 325 Å². The molecule has 2 aliphatic rings. The normalized spacial score (nSPS) is 14.8. The SMILES string of the molecule is c1ccc(-c2ccc(-c3cc(C4c5ccccc5-c5ccc6c(c54)C(c4ccccc4)c4ccccc4-6)cc(-c4cnc(-c5ccccc5)nc4)n3)cn2)cc1. The Balaban J connectivity index is 1.12. The molecule has 6 aromatic carbocycles. The van der Waals surface area contributed by atoms with Crippen molar-refractivity contribution in [3.63, 3.8) is 0 Å². The molecule has 0 amide bonds. The molecule has 3 aromatic heterocycles. The Bertz CT molecular complexity index is 2790. The zero-order valence-electron chi connectivity index (χ0n) is 30.4. The average molecular weight is 715 g/mol. The fourth-order valence-electron chi connectivity index (χ4n) is 8.90. The zero-order chi connectivity index (χ0) is 37.0. The highest BCUT2D eigenvalue weighted by Gasteiger charge is 2.40. The predicted octanol–water partition coefficient (Wildman–Crippen LogP) is 12.3. The molecule has 9 aromatic rings. The van der Waals surface area contributed by atoms with E-state index in [-0.39, 0.29) is 11.8 Å². The van der Waals surface area contributed by atoms with Crippen molar-refractivity contribution in [2.45, 2.75) is 11.8 Å². The largest absolute Gasteiger partial charge is 0.256 e.